The number of amides is 4. The topological polar surface area (TPSA) is 135 Å². The van der Waals surface area contributed by atoms with Gasteiger partial charge < -0.3 is 30.7 Å². The largest absolute Gasteiger partial charge is 0.383 e. The third kappa shape index (κ3) is 7.73. The van der Waals surface area contributed by atoms with Gasteiger partial charge in [-0.25, -0.2) is 0 Å². The van der Waals surface area contributed by atoms with Crippen molar-refractivity contribution in [3.05, 3.63) is 24.3 Å². The number of carbonyl (C=O) groups excluding carboxylic acids is 4. The Morgan fingerprint density at radius 3 is 1.58 bits per heavy atom. The molecule has 0 heterocycles. The molecule has 10 nitrogen and oxygen atoms in total. The van der Waals surface area contributed by atoms with E-state index in [1.807, 2.05) is 0 Å². The molecule has 0 spiro atoms. The Hall–Kier alpha value is -2.98. The van der Waals surface area contributed by atoms with Crippen molar-refractivity contribution in [2.75, 3.05) is 51.2 Å². The van der Waals surface area contributed by atoms with Gasteiger partial charge in [-0.15, -0.1) is 0 Å². The fourth-order valence-corrected chi connectivity index (χ4v) is 1.74. The van der Waals surface area contributed by atoms with Crippen LogP contribution in [0.3, 0.4) is 0 Å². The highest BCUT2D eigenvalue weighted by Gasteiger charge is 2.15. The van der Waals surface area contributed by atoms with Crippen molar-refractivity contribution >= 4 is 35.0 Å². The highest BCUT2D eigenvalue weighted by molar-refractivity contribution is 6.40. The molecule has 0 fully saturated rings. The van der Waals surface area contributed by atoms with E-state index in [0.29, 0.717) is 0 Å². The zero-order valence-corrected chi connectivity index (χ0v) is 14.6. The van der Waals surface area contributed by atoms with Crippen molar-refractivity contribution in [1.82, 2.24) is 10.6 Å². The molecule has 0 unspecified atom stereocenters. The van der Waals surface area contributed by atoms with E-state index in [9.17, 15) is 19.2 Å². The molecule has 4 amide bonds. The van der Waals surface area contributed by atoms with Crippen molar-refractivity contribution in [2.24, 2.45) is 0 Å². The first-order valence-electron chi connectivity index (χ1n) is 7.74. The third-order valence-electron chi connectivity index (χ3n) is 2.97. The standard InChI is InChI=1S/C16H22N4O6/c1-25-8-6-17-13(21)15(23)19-11-4-3-5-12(10-11)20-16(24)14(22)18-7-9-26-2/h3-5,10H,6-9H2,1-2H3,(H,17,21)(H,18,22)(H,19,23)(H,20,24). The predicted molar refractivity (Wildman–Crippen MR) is 93.5 cm³/mol. The average Bonchev–Trinajstić information content (AvgIpc) is 2.62. The summed E-state index contributed by atoms with van der Waals surface area (Å²) in [6.45, 7) is 0.980. The normalized spacial score (nSPS) is 9.92. The summed E-state index contributed by atoms with van der Waals surface area (Å²) in [6.07, 6.45) is 0. The lowest BCUT2D eigenvalue weighted by Crippen LogP contribution is -2.37. The van der Waals surface area contributed by atoms with Gasteiger partial charge in [0.1, 0.15) is 0 Å². The quantitative estimate of drug-likeness (QED) is 0.347. The van der Waals surface area contributed by atoms with Crippen LogP contribution in [0, 0.1) is 0 Å². The number of carbonyl (C=O) groups is 4. The molecule has 4 N–H and O–H groups in total. The van der Waals surface area contributed by atoms with Crippen LogP contribution >= 0.6 is 0 Å². The summed E-state index contributed by atoms with van der Waals surface area (Å²) in [5, 5.41) is 9.55. The van der Waals surface area contributed by atoms with Crippen LogP contribution in [0.25, 0.3) is 0 Å². The predicted octanol–water partition coefficient (Wildman–Crippen LogP) is -0.911. The SMILES string of the molecule is COCCNC(=O)C(=O)Nc1cccc(NC(=O)C(=O)NCCOC)c1. The van der Waals surface area contributed by atoms with E-state index < -0.39 is 23.6 Å². The minimum Gasteiger partial charge on any atom is -0.383 e. The van der Waals surface area contributed by atoms with Crippen molar-refractivity contribution in [3.8, 4) is 0 Å². The fraction of sp³-hybridized carbons (Fsp3) is 0.375. The molecule has 0 atom stereocenters. The Morgan fingerprint density at radius 2 is 1.19 bits per heavy atom. The van der Waals surface area contributed by atoms with Crippen molar-refractivity contribution in [1.29, 1.82) is 0 Å². The summed E-state index contributed by atoms with van der Waals surface area (Å²) >= 11 is 0. The molecule has 0 radical (unpaired) electrons. The molecule has 26 heavy (non-hydrogen) atoms. The van der Waals surface area contributed by atoms with Crippen LogP contribution in [0.1, 0.15) is 0 Å². The zero-order chi connectivity index (χ0) is 19.4. The Labute approximate surface area is 150 Å². The van der Waals surface area contributed by atoms with E-state index in [0.717, 1.165) is 0 Å². The first-order valence-corrected chi connectivity index (χ1v) is 7.74. The van der Waals surface area contributed by atoms with Crippen LogP contribution in [0.5, 0.6) is 0 Å². The molecule has 142 valence electrons. The number of nitrogens with one attached hydrogen (secondary N) is 4. The first-order chi connectivity index (χ1) is 12.5. The minimum atomic E-state index is -0.859. The highest BCUT2D eigenvalue weighted by Crippen LogP contribution is 2.15. The van der Waals surface area contributed by atoms with E-state index in [1.165, 1.54) is 32.4 Å². The molecule has 1 aromatic carbocycles. The second-order valence-electron chi connectivity index (χ2n) is 4.99. The molecule has 0 saturated heterocycles. The third-order valence-corrected chi connectivity index (χ3v) is 2.97. The van der Waals surface area contributed by atoms with Gasteiger partial charge in [-0.05, 0) is 18.2 Å². The summed E-state index contributed by atoms with van der Waals surface area (Å²) in [5.74, 6) is -3.34. The average molecular weight is 366 g/mol. The minimum absolute atomic E-state index is 0.205. The number of hydrogen-bond donors (Lipinski definition) is 4. The second-order valence-corrected chi connectivity index (χ2v) is 4.99. The smallest absolute Gasteiger partial charge is 0.313 e. The van der Waals surface area contributed by atoms with Gasteiger partial charge in [-0.1, -0.05) is 6.07 Å². The molecule has 0 aliphatic heterocycles. The van der Waals surface area contributed by atoms with Gasteiger partial charge >= 0.3 is 23.6 Å². The molecule has 0 aliphatic rings. The summed E-state index contributed by atoms with van der Waals surface area (Å²) in [5.41, 5.74) is 0.573. The summed E-state index contributed by atoms with van der Waals surface area (Å²) < 4.78 is 9.53. The van der Waals surface area contributed by atoms with E-state index in [2.05, 4.69) is 21.3 Å². The Kier molecular flexibility index (Phi) is 9.36. The number of rotatable bonds is 8. The zero-order valence-electron chi connectivity index (χ0n) is 14.6. The summed E-state index contributed by atoms with van der Waals surface area (Å²) in [4.78, 5) is 46.7. The number of hydrogen-bond acceptors (Lipinski definition) is 6. The Bertz CT molecular complexity index is 598. The van der Waals surface area contributed by atoms with Crippen LogP contribution in [0.2, 0.25) is 0 Å². The maximum atomic E-state index is 11.8. The van der Waals surface area contributed by atoms with Gasteiger partial charge in [0.2, 0.25) is 0 Å². The molecule has 0 aliphatic carbocycles. The summed E-state index contributed by atoms with van der Waals surface area (Å²) in [6, 6.07) is 6.04. The van der Waals surface area contributed by atoms with E-state index in [1.54, 1.807) is 6.07 Å². The monoisotopic (exact) mass is 366 g/mol. The van der Waals surface area contributed by atoms with Crippen LogP contribution in [0.15, 0.2) is 24.3 Å². The Balaban J connectivity index is 2.56. The molecule has 1 aromatic rings. The number of methoxy groups -OCH3 is 2. The first kappa shape index (κ1) is 21.1. The summed E-state index contributed by atoms with van der Waals surface area (Å²) in [7, 11) is 2.95. The number of anilines is 2. The number of benzene rings is 1. The van der Waals surface area contributed by atoms with Gasteiger partial charge in [0.25, 0.3) is 0 Å². The second kappa shape index (κ2) is 11.6. The maximum Gasteiger partial charge on any atom is 0.313 e. The lowest BCUT2D eigenvalue weighted by molar-refractivity contribution is -0.136. The molecule has 0 aromatic heterocycles. The molecule has 1 rings (SSSR count). The van der Waals surface area contributed by atoms with Crippen LogP contribution in [-0.2, 0) is 28.7 Å². The highest BCUT2D eigenvalue weighted by atomic mass is 16.5. The van der Waals surface area contributed by atoms with Gasteiger partial charge in [-0.2, -0.15) is 0 Å². The lowest BCUT2D eigenvalue weighted by atomic mass is 10.2. The maximum absolute atomic E-state index is 11.8. The molecule has 0 bridgehead atoms. The molecular weight excluding hydrogens is 344 g/mol. The van der Waals surface area contributed by atoms with Gasteiger partial charge in [0.15, 0.2) is 0 Å². The van der Waals surface area contributed by atoms with Gasteiger partial charge in [0, 0.05) is 38.7 Å². The van der Waals surface area contributed by atoms with E-state index in [-0.39, 0.29) is 37.7 Å². The van der Waals surface area contributed by atoms with Crippen LogP contribution in [-0.4, -0.2) is 64.2 Å². The molecule has 10 heteroatoms. The molecular formula is C16H22N4O6. The van der Waals surface area contributed by atoms with Crippen molar-refractivity contribution < 1.29 is 28.7 Å². The van der Waals surface area contributed by atoms with Crippen molar-refractivity contribution in [3.63, 3.8) is 0 Å². The van der Waals surface area contributed by atoms with Gasteiger partial charge in [-0.3, -0.25) is 19.2 Å². The van der Waals surface area contributed by atoms with E-state index in [4.69, 9.17) is 9.47 Å². The lowest BCUT2D eigenvalue weighted by Gasteiger charge is -2.09. The van der Waals surface area contributed by atoms with Crippen LogP contribution in [0.4, 0.5) is 11.4 Å². The van der Waals surface area contributed by atoms with Crippen LogP contribution < -0.4 is 21.3 Å². The van der Waals surface area contributed by atoms with Gasteiger partial charge in [0.05, 0.1) is 13.2 Å². The molecule has 0 saturated carbocycles. The van der Waals surface area contributed by atoms with Crippen molar-refractivity contribution in [2.45, 2.75) is 0 Å². The van der Waals surface area contributed by atoms with E-state index >= 15 is 0 Å². The Morgan fingerprint density at radius 1 is 0.769 bits per heavy atom. The number of ether oxygens (including phenoxy) is 2. The fourth-order valence-electron chi connectivity index (χ4n) is 1.74.